The minimum Gasteiger partial charge on any atom is -0.379 e. The average molecular weight is 447 g/mol. The molecule has 0 saturated carbocycles. The number of thiocarbonyl (C=S) groups is 1. The minimum atomic E-state index is -3.85. The Morgan fingerprint density at radius 2 is 2.00 bits per heavy atom. The lowest BCUT2D eigenvalue weighted by Gasteiger charge is -2.26. The average Bonchev–Trinajstić information content (AvgIpc) is 3.25. The fourth-order valence-corrected chi connectivity index (χ4v) is 4.58. The molecule has 0 bridgehead atoms. The Balaban J connectivity index is 1.61. The second-order valence-corrected chi connectivity index (χ2v) is 8.93. The highest BCUT2D eigenvalue weighted by Gasteiger charge is 2.28. The van der Waals surface area contributed by atoms with Crippen LogP contribution in [-0.2, 0) is 19.5 Å². The molecule has 0 radical (unpaired) electrons. The molecule has 1 atom stereocenters. The molecule has 12 heteroatoms. The van der Waals surface area contributed by atoms with Crippen molar-refractivity contribution in [2.75, 3.05) is 39.5 Å². The first-order valence-electron chi connectivity index (χ1n) is 9.21. The number of hydrogen-bond acceptors (Lipinski definition) is 6. The Morgan fingerprint density at radius 1 is 1.24 bits per heavy atom. The number of ether oxygens (including phenoxy) is 2. The number of hydrazine groups is 1. The molecule has 29 heavy (non-hydrogen) atoms. The number of sulfonamides is 1. The minimum absolute atomic E-state index is 0.0602. The summed E-state index contributed by atoms with van der Waals surface area (Å²) in [5, 5.41) is 3.04. The molecule has 0 spiro atoms. The summed E-state index contributed by atoms with van der Waals surface area (Å²) in [6, 6.07) is 3.11. The SMILES string of the molecule is O=C(NNC(=S)NC[C@H]1CCCO1)c1cc(S(=O)(=O)N2CCOCC2)ccc1F. The van der Waals surface area contributed by atoms with Gasteiger partial charge in [0.15, 0.2) is 5.11 Å². The Kier molecular flexibility index (Phi) is 7.35. The van der Waals surface area contributed by atoms with Crippen LogP contribution in [0.15, 0.2) is 23.1 Å². The van der Waals surface area contributed by atoms with Gasteiger partial charge in [-0.2, -0.15) is 4.31 Å². The van der Waals surface area contributed by atoms with Gasteiger partial charge in [-0.05, 0) is 43.3 Å². The molecule has 2 aliphatic heterocycles. The van der Waals surface area contributed by atoms with E-state index >= 15 is 0 Å². The van der Waals surface area contributed by atoms with Crippen molar-refractivity contribution in [3.63, 3.8) is 0 Å². The van der Waals surface area contributed by atoms with Crippen LogP contribution in [-0.4, -0.2) is 69.3 Å². The van der Waals surface area contributed by atoms with E-state index in [1.807, 2.05) is 0 Å². The lowest BCUT2D eigenvalue weighted by atomic mass is 10.2. The summed E-state index contributed by atoms with van der Waals surface area (Å²) >= 11 is 5.06. The number of carbonyl (C=O) groups excluding carboxylic acids is 1. The molecule has 0 unspecified atom stereocenters. The smallest absolute Gasteiger partial charge is 0.272 e. The van der Waals surface area contributed by atoms with Gasteiger partial charge in [-0.25, -0.2) is 12.8 Å². The van der Waals surface area contributed by atoms with Gasteiger partial charge in [0.1, 0.15) is 5.82 Å². The number of halogens is 1. The highest BCUT2D eigenvalue weighted by molar-refractivity contribution is 7.89. The second kappa shape index (κ2) is 9.76. The normalized spacial score (nSPS) is 20.2. The van der Waals surface area contributed by atoms with E-state index in [9.17, 15) is 17.6 Å². The predicted octanol–water partition coefficient (Wildman–Crippen LogP) is 0.135. The molecule has 0 aromatic heterocycles. The van der Waals surface area contributed by atoms with Crippen molar-refractivity contribution in [3.05, 3.63) is 29.6 Å². The molecule has 3 N–H and O–H groups in total. The van der Waals surface area contributed by atoms with Crippen LogP contribution in [0.1, 0.15) is 23.2 Å². The van der Waals surface area contributed by atoms with E-state index in [1.165, 1.54) is 4.31 Å². The Hall–Kier alpha value is -1.86. The van der Waals surface area contributed by atoms with Crippen molar-refractivity contribution >= 4 is 33.3 Å². The van der Waals surface area contributed by atoms with Crippen LogP contribution in [0.3, 0.4) is 0 Å². The van der Waals surface area contributed by atoms with Crippen molar-refractivity contribution in [3.8, 4) is 0 Å². The lowest BCUT2D eigenvalue weighted by Crippen LogP contribution is -2.48. The molecule has 3 rings (SSSR count). The van der Waals surface area contributed by atoms with Crippen molar-refractivity contribution in [2.45, 2.75) is 23.8 Å². The fraction of sp³-hybridized carbons (Fsp3) is 0.529. The van der Waals surface area contributed by atoms with Gasteiger partial charge in [0.25, 0.3) is 5.91 Å². The van der Waals surface area contributed by atoms with E-state index in [2.05, 4.69) is 16.2 Å². The third-order valence-corrected chi connectivity index (χ3v) is 6.74. The van der Waals surface area contributed by atoms with E-state index < -0.39 is 27.3 Å². The number of amides is 1. The number of nitrogens with zero attached hydrogens (tertiary/aromatic N) is 1. The monoisotopic (exact) mass is 446 g/mol. The first kappa shape index (κ1) is 21.8. The maximum atomic E-state index is 14.1. The number of rotatable bonds is 5. The van der Waals surface area contributed by atoms with Crippen molar-refractivity contribution in [1.29, 1.82) is 0 Å². The molecule has 160 valence electrons. The van der Waals surface area contributed by atoms with Crippen LogP contribution in [0.4, 0.5) is 4.39 Å². The molecule has 1 amide bonds. The molecule has 1 aromatic rings. The third-order valence-electron chi connectivity index (χ3n) is 4.59. The summed E-state index contributed by atoms with van der Waals surface area (Å²) in [6.45, 7) is 2.18. The summed E-state index contributed by atoms with van der Waals surface area (Å²) in [6.07, 6.45) is 1.98. The highest BCUT2D eigenvalue weighted by atomic mass is 32.2. The molecule has 2 saturated heterocycles. The quantitative estimate of drug-likeness (QED) is 0.433. The van der Waals surface area contributed by atoms with Gasteiger partial charge in [0, 0.05) is 26.2 Å². The van der Waals surface area contributed by atoms with Gasteiger partial charge in [0.2, 0.25) is 10.0 Å². The topological polar surface area (TPSA) is 109 Å². The zero-order valence-electron chi connectivity index (χ0n) is 15.6. The molecule has 2 heterocycles. The van der Waals surface area contributed by atoms with Crippen LogP contribution >= 0.6 is 12.2 Å². The van der Waals surface area contributed by atoms with Gasteiger partial charge in [-0.3, -0.25) is 15.6 Å². The van der Waals surface area contributed by atoms with Crippen molar-refractivity contribution in [1.82, 2.24) is 20.5 Å². The largest absolute Gasteiger partial charge is 0.379 e. The van der Waals surface area contributed by atoms with Crippen molar-refractivity contribution in [2.24, 2.45) is 0 Å². The summed E-state index contributed by atoms with van der Waals surface area (Å²) in [7, 11) is -3.85. The molecule has 2 aliphatic rings. The van der Waals surface area contributed by atoms with E-state index in [1.54, 1.807) is 0 Å². The van der Waals surface area contributed by atoms with Gasteiger partial charge >= 0.3 is 0 Å². The van der Waals surface area contributed by atoms with Crippen LogP contribution < -0.4 is 16.2 Å². The van der Waals surface area contributed by atoms with Gasteiger partial charge < -0.3 is 14.8 Å². The van der Waals surface area contributed by atoms with Crippen molar-refractivity contribution < 1.29 is 27.1 Å². The maximum Gasteiger partial charge on any atom is 0.272 e. The molecule has 0 aliphatic carbocycles. The molecule has 9 nitrogen and oxygen atoms in total. The Labute approximate surface area is 173 Å². The zero-order valence-corrected chi connectivity index (χ0v) is 17.3. The number of nitrogens with one attached hydrogen (secondary N) is 3. The van der Waals surface area contributed by atoms with Crippen LogP contribution in [0.2, 0.25) is 0 Å². The van der Waals surface area contributed by atoms with Gasteiger partial charge in [-0.15, -0.1) is 0 Å². The zero-order chi connectivity index (χ0) is 20.9. The van der Waals surface area contributed by atoms with Gasteiger partial charge in [0.05, 0.1) is 29.8 Å². The highest BCUT2D eigenvalue weighted by Crippen LogP contribution is 2.20. The molecular formula is C17H23FN4O5S2. The van der Waals surface area contributed by atoms with E-state index in [0.717, 1.165) is 31.0 Å². The summed E-state index contributed by atoms with van der Waals surface area (Å²) in [4.78, 5) is 12.2. The maximum absolute atomic E-state index is 14.1. The summed E-state index contributed by atoms with van der Waals surface area (Å²) < 4.78 is 51.4. The Morgan fingerprint density at radius 3 is 2.69 bits per heavy atom. The fourth-order valence-electron chi connectivity index (χ4n) is 3.01. The number of carbonyl (C=O) groups is 1. The number of hydrogen-bond donors (Lipinski definition) is 3. The standard InChI is InChI=1S/C17H23FN4O5S2/c18-15-4-3-13(29(24,25)22-5-8-26-9-6-22)10-14(15)16(23)20-21-17(28)19-11-12-2-1-7-27-12/h3-4,10,12H,1-2,5-9,11H2,(H,20,23)(H2,19,21,28)/t12-/m1/s1. The van der Waals surface area contributed by atoms with Crippen LogP contribution in [0, 0.1) is 5.82 Å². The van der Waals surface area contributed by atoms with E-state index in [0.29, 0.717) is 13.2 Å². The molecule has 2 fully saturated rings. The summed E-state index contributed by atoms with van der Waals surface area (Å²) in [5.74, 6) is -1.69. The first-order chi connectivity index (χ1) is 13.9. The Bertz CT molecular complexity index is 855. The second-order valence-electron chi connectivity index (χ2n) is 6.58. The number of benzene rings is 1. The molecular weight excluding hydrogens is 423 g/mol. The first-order valence-corrected chi connectivity index (χ1v) is 11.1. The predicted molar refractivity (Wildman–Crippen MR) is 106 cm³/mol. The molecule has 1 aromatic carbocycles. The lowest BCUT2D eigenvalue weighted by molar-refractivity contribution is 0.0730. The third kappa shape index (κ3) is 5.60. The van der Waals surface area contributed by atoms with Crippen LogP contribution in [0.25, 0.3) is 0 Å². The number of morpholine rings is 1. The van der Waals surface area contributed by atoms with Crippen LogP contribution in [0.5, 0.6) is 0 Å². The van der Waals surface area contributed by atoms with E-state index in [-0.39, 0.29) is 42.4 Å². The van der Waals surface area contributed by atoms with Gasteiger partial charge in [-0.1, -0.05) is 0 Å². The summed E-state index contributed by atoms with van der Waals surface area (Å²) in [5.41, 5.74) is 4.34. The van der Waals surface area contributed by atoms with E-state index in [4.69, 9.17) is 21.7 Å².